The summed E-state index contributed by atoms with van der Waals surface area (Å²) in [6.45, 7) is 8.36. The summed E-state index contributed by atoms with van der Waals surface area (Å²) < 4.78 is 26.5. The van der Waals surface area contributed by atoms with Crippen molar-refractivity contribution in [1.82, 2.24) is 0 Å². The second kappa shape index (κ2) is 5.93. The van der Waals surface area contributed by atoms with E-state index in [1.807, 2.05) is 0 Å². The van der Waals surface area contributed by atoms with Gasteiger partial charge in [-0.15, -0.1) is 0 Å². The number of hydrogen-bond acceptors (Lipinski definition) is 1. The fourth-order valence-electron chi connectivity index (χ4n) is 5.41. The van der Waals surface area contributed by atoms with Crippen molar-refractivity contribution in [1.29, 1.82) is 0 Å². The van der Waals surface area contributed by atoms with Crippen LogP contribution in [0.4, 0.5) is 8.78 Å². The van der Waals surface area contributed by atoms with Gasteiger partial charge in [-0.05, 0) is 59.6 Å². The molecule has 0 heterocycles. The zero-order valence-electron chi connectivity index (χ0n) is 15.2. The van der Waals surface area contributed by atoms with Gasteiger partial charge in [0.15, 0.2) is 0 Å². The van der Waals surface area contributed by atoms with Crippen molar-refractivity contribution >= 4 is 5.78 Å². The van der Waals surface area contributed by atoms with Crippen molar-refractivity contribution in [3.63, 3.8) is 0 Å². The van der Waals surface area contributed by atoms with Crippen molar-refractivity contribution in [2.45, 2.75) is 77.6 Å². The largest absolute Gasteiger partial charge is 0.296 e. The van der Waals surface area contributed by atoms with Gasteiger partial charge in [-0.25, -0.2) is 8.78 Å². The zero-order chi connectivity index (χ0) is 17.7. The fourth-order valence-corrected chi connectivity index (χ4v) is 5.41. The average molecular weight is 334 g/mol. The van der Waals surface area contributed by atoms with E-state index in [0.717, 1.165) is 25.7 Å². The van der Waals surface area contributed by atoms with Crippen LogP contribution in [0.25, 0.3) is 0 Å². The van der Waals surface area contributed by atoms with Crippen molar-refractivity contribution in [3.8, 4) is 0 Å². The Morgan fingerprint density at radius 2 is 1.92 bits per heavy atom. The summed E-state index contributed by atoms with van der Waals surface area (Å²) in [7, 11) is 0. The van der Waals surface area contributed by atoms with Crippen LogP contribution in [0.3, 0.4) is 0 Å². The second-order valence-corrected chi connectivity index (χ2v) is 8.52. The number of ketones is 1. The van der Waals surface area contributed by atoms with E-state index in [-0.39, 0.29) is 11.3 Å². The summed E-state index contributed by atoms with van der Waals surface area (Å²) >= 11 is 0. The molecule has 0 amide bonds. The molecule has 1 saturated carbocycles. The molecule has 0 unspecified atom stereocenters. The molecule has 3 atom stereocenters. The minimum absolute atomic E-state index is 0.0117. The Labute approximate surface area is 143 Å². The molecular weight excluding hydrogens is 306 g/mol. The van der Waals surface area contributed by atoms with Crippen LogP contribution >= 0.6 is 0 Å². The summed E-state index contributed by atoms with van der Waals surface area (Å²) in [6, 6.07) is 6.68. The van der Waals surface area contributed by atoms with E-state index < -0.39 is 17.6 Å². The molecule has 3 rings (SSSR count). The van der Waals surface area contributed by atoms with Crippen molar-refractivity contribution in [2.75, 3.05) is 0 Å². The van der Waals surface area contributed by atoms with Gasteiger partial charge in [0.2, 0.25) is 5.78 Å². The summed E-state index contributed by atoms with van der Waals surface area (Å²) in [5.41, 5.74) is 2.92. The number of Topliss-reactive ketones (excluding diaryl/α,β-unsaturated/α-hetero) is 1. The van der Waals surface area contributed by atoms with Crippen molar-refractivity contribution in [3.05, 3.63) is 34.9 Å². The van der Waals surface area contributed by atoms with Crippen LogP contribution in [0.2, 0.25) is 0 Å². The van der Waals surface area contributed by atoms with Gasteiger partial charge in [-0.2, -0.15) is 0 Å². The molecule has 0 bridgehead atoms. The molecule has 1 aromatic rings. The number of rotatable bonds is 3. The molecule has 1 aromatic carbocycles. The Hall–Kier alpha value is -1.25. The maximum atomic E-state index is 13.2. The zero-order valence-corrected chi connectivity index (χ0v) is 15.2. The summed E-state index contributed by atoms with van der Waals surface area (Å²) in [6.07, 6.45) is 1.28. The molecule has 1 fully saturated rings. The standard InChI is InChI=1S/C21H28F2O/c1-13(2)14-6-8-16-15(12-14)7-9-17-20(16,3)10-5-11-21(17,4)18(24)19(22)23/h6,8,12-13,17,19H,5,7,9-11H2,1-4H3/t17-,20-,21-/m1/s1. The molecule has 3 heteroatoms. The highest BCUT2D eigenvalue weighted by Crippen LogP contribution is 2.58. The summed E-state index contributed by atoms with van der Waals surface area (Å²) in [4.78, 5) is 12.3. The van der Waals surface area contributed by atoms with E-state index in [1.165, 1.54) is 16.7 Å². The van der Waals surface area contributed by atoms with Crippen LogP contribution in [-0.2, 0) is 16.6 Å². The minimum atomic E-state index is -2.86. The van der Waals surface area contributed by atoms with Crippen molar-refractivity contribution in [2.24, 2.45) is 11.3 Å². The van der Waals surface area contributed by atoms with Gasteiger partial charge in [-0.3, -0.25) is 4.79 Å². The highest BCUT2D eigenvalue weighted by atomic mass is 19.3. The van der Waals surface area contributed by atoms with E-state index in [0.29, 0.717) is 12.3 Å². The molecule has 0 radical (unpaired) electrons. The number of alkyl halides is 2. The van der Waals surface area contributed by atoms with Crippen LogP contribution < -0.4 is 0 Å². The molecule has 132 valence electrons. The lowest BCUT2D eigenvalue weighted by Gasteiger charge is -2.54. The lowest BCUT2D eigenvalue weighted by molar-refractivity contribution is -0.148. The van der Waals surface area contributed by atoms with Gasteiger partial charge in [0.1, 0.15) is 0 Å². The topological polar surface area (TPSA) is 17.1 Å². The number of fused-ring (bicyclic) bond motifs is 3. The molecular formula is C21H28F2O. The van der Waals surface area contributed by atoms with Gasteiger partial charge in [0.05, 0.1) is 0 Å². The monoisotopic (exact) mass is 334 g/mol. The van der Waals surface area contributed by atoms with E-state index in [9.17, 15) is 13.6 Å². The highest BCUT2D eigenvalue weighted by molar-refractivity contribution is 5.88. The molecule has 0 N–H and O–H groups in total. The van der Waals surface area contributed by atoms with Crippen LogP contribution in [0.5, 0.6) is 0 Å². The first-order chi connectivity index (χ1) is 11.2. The number of carbonyl (C=O) groups excluding carboxylic acids is 1. The SMILES string of the molecule is CC(C)c1ccc2c(c1)CC[C@H]1[C@](C)(C(=O)C(F)F)CCC[C@]21C. The maximum absolute atomic E-state index is 13.2. The first-order valence-corrected chi connectivity index (χ1v) is 9.16. The number of halogens is 2. The van der Waals surface area contributed by atoms with Gasteiger partial charge >= 0.3 is 0 Å². The third-order valence-electron chi connectivity index (χ3n) is 6.81. The molecule has 2 aliphatic carbocycles. The van der Waals surface area contributed by atoms with Crippen LogP contribution in [0.15, 0.2) is 18.2 Å². The molecule has 0 saturated heterocycles. The van der Waals surface area contributed by atoms with Gasteiger partial charge < -0.3 is 0 Å². The lowest BCUT2D eigenvalue weighted by atomic mass is 9.49. The molecule has 24 heavy (non-hydrogen) atoms. The number of carbonyl (C=O) groups is 1. The first kappa shape index (κ1) is 17.6. The molecule has 0 aromatic heterocycles. The predicted molar refractivity (Wildman–Crippen MR) is 92.7 cm³/mol. The van der Waals surface area contributed by atoms with Gasteiger partial charge in [0.25, 0.3) is 6.43 Å². The van der Waals surface area contributed by atoms with Crippen molar-refractivity contribution < 1.29 is 13.6 Å². The lowest BCUT2D eigenvalue weighted by Crippen LogP contribution is -2.53. The van der Waals surface area contributed by atoms with Crippen LogP contribution in [0.1, 0.15) is 76.0 Å². The quantitative estimate of drug-likeness (QED) is 0.697. The van der Waals surface area contributed by atoms with E-state index in [2.05, 4.69) is 39.0 Å². The maximum Gasteiger partial charge on any atom is 0.296 e. The second-order valence-electron chi connectivity index (χ2n) is 8.52. The van der Waals surface area contributed by atoms with Crippen LogP contribution in [-0.4, -0.2) is 12.2 Å². The number of benzene rings is 1. The Kier molecular flexibility index (Phi) is 4.34. The Morgan fingerprint density at radius 3 is 2.54 bits per heavy atom. The highest BCUT2D eigenvalue weighted by Gasteiger charge is 2.56. The predicted octanol–water partition coefficient (Wildman–Crippen LogP) is 5.65. The van der Waals surface area contributed by atoms with E-state index in [4.69, 9.17) is 0 Å². The average Bonchev–Trinajstić information content (AvgIpc) is 2.53. The van der Waals surface area contributed by atoms with E-state index >= 15 is 0 Å². The first-order valence-electron chi connectivity index (χ1n) is 9.16. The molecule has 1 nitrogen and oxygen atoms in total. The normalized spacial score (nSPS) is 32.6. The molecule has 2 aliphatic rings. The Bertz CT molecular complexity index is 651. The van der Waals surface area contributed by atoms with E-state index in [1.54, 1.807) is 6.92 Å². The number of hydrogen-bond donors (Lipinski definition) is 0. The Balaban J connectivity index is 2.05. The van der Waals surface area contributed by atoms with Crippen LogP contribution in [0, 0.1) is 11.3 Å². The number of aryl methyl sites for hydroxylation is 1. The Morgan fingerprint density at radius 1 is 1.21 bits per heavy atom. The summed E-state index contributed by atoms with van der Waals surface area (Å²) in [5.74, 6) is -0.351. The third kappa shape index (κ3) is 2.51. The third-order valence-corrected chi connectivity index (χ3v) is 6.81. The van der Waals surface area contributed by atoms with Gasteiger partial charge in [-0.1, -0.05) is 52.3 Å². The summed E-state index contributed by atoms with van der Waals surface area (Å²) in [5, 5.41) is 0. The molecule has 0 aliphatic heterocycles. The molecule has 0 spiro atoms. The smallest absolute Gasteiger partial charge is 0.293 e. The fraction of sp³-hybridized carbons (Fsp3) is 0.667. The van der Waals surface area contributed by atoms with Gasteiger partial charge in [0, 0.05) is 5.41 Å². The minimum Gasteiger partial charge on any atom is -0.293 e.